The molecule has 1 aliphatic heterocycles. The Kier molecular flexibility index (Phi) is 6.24. The van der Waals surface area contributed by atoms with Crippen LogP contribution in [0.5, 0.6) is 0 Å². The Morgan fingerprint density at radius 1 is 0.627 bits per heavy atom. The number of thiophene rings is 1. The molecule has 1 unspecified atom stereocenters. The second-order valence-corrected chi connectivity index (χ2v) is 14.4. The average Bonchev–Trinajstić information content (AvgIpc) is 3.86. The molecule has 1 aliphatic carbocycles. The largest absolute Gasteiger partial charge is 0.312 e. The zero-order chi connectivity index (χ0) is 33.5. The monoisotopic (exact) mass is 673 g/mol. The topological polar surface area (TPSA) is 46.6 Å². The number of aromatic nitrogens is 2. The highest BCUT2D eigenvalue weighted by Crippen LogP contribution is 2.42. The van der Waals surface area contributed by atoms with Crippen LogP contribution >= 0.6 is 11.3 Å². The molecule has 0 spiro atoms. The van der Waals surface area contributed by atoms with E-state index in [0.717, 1.165) is 46.8 Å². The van der Waals surface area contributed by atoms with Gasteiger partial charge in [-0.2, -0.15) is 0 Å². The second kappa shape index (κ2) is 11.1. The molecule has 9 aromatic rings. The summed E-state index contributed by atoms with van der Waals surface area (Å²) in [5.74, 6) is 1.57. The van der Waals surface area contributed by atoms with Crippen molar-refractivity contribution in [2.75, 3.05) is 0 Å². The molecule has 0 bridgehead atoms. The Morgan fingerprint density at radius 2 is 1.37 bits per heavy atom. The van der Waals surface area contributed by atoms with Crippen molar-refractivity contribution >= 4 is 82.1 Å². The Bertz CT molecular complexity index is 2940. The number of fused-ring (bicyclic) bond motifs is 10. The fourth-order valence-corrected chi connectivity index (χ4v) is 9.35. The van der Waals surface area contributed by atoms with E-state index in [0.29, 0.717) is 0 Å². The van der Waals surface area contributed by atoms with Gasteiger partial charge >= 0.3 is 0 Å². The number of hydrogen-bond donors (Lipinski definition) is 1. The highest BCUT2D eigenvalue weighted by atomic mass is 32.1. The van der Waals surface area contributed by atoms with Crippen LogP contribution in [0.1, 0.15) is 35.0 Å². The maximum atomic E-state index is 5.42. The molecule has 2 aliphatic rings. The van der Waals surface area contributed by atoms with Crippen LogP contribution in [0.25, 0.3) is 64.6 Å². The Hall–Kier alpha value is -6.24. The Balaban J connectivity index is 1.18. The van der Waals surface area contributed by atoms with Gasteiger partial charge in [-0.1, -0.05) is 115 Å². The summed E-state index contributed by atoms with van der Waals surface area (Å²) in [5.41, 5.74) is 9.43. The third-order valence-corrected chi connectivity index (χ3v) is 11.6. The number of para-hydroxylation sites is 2. The lowest BCUT2D eigenvalue weighted by molar-refractivity contribution is 0.746. The molecular weight excluding hydrogens is 643 g/mol. The molecule has 6 heteroatoms. The molecule has 3 aromatic heterocycles. The Labute approximate surface area is 298 Å². The van der Waals surface area contributed by atoms with E-state index in [4.69, 9.17) is 9.98 Å². The number of nitrogens with zero attached hydrogens (tertiary/aromatic N) is 4. The second-order valence-electron chi connectivity index (χ2n) is 13.3. The quantitative estimate of drug-likeness (QED) is 0.199. The third-order valence-electron chi connectivity index (χ3n) is 10.4. The zero-order valence-corrected chi connectivity index (χ0v) is 28.4. The lowest BCUT2D eigenvalue weighted by atomic mass is 10.0. The molecule has 11 rings (SSSR count). The molecule has 0 fully saturated rings. The number of aliphatic imine (C=N–C) groups is 2. The van der Waals surface area contributed by atoms with Gasteiger partial charge in [-0.3, -0.25) is 4.57 Å². The summed E-state index contributed by atoms with van der Waals surface area (Å²) in [7, 11) is 0. The van der Waals surface area contributed by atoms with E-state index < -0.39 is 6.17 Å². The van der Waals surface area contributed by atoms with E-state index in [1.54, 1.807) is 0 Å². The lowest BCUT2D eigenvalue weighted by Gasteiger charge is -2.23. The van der Waals surface area contributed by atoms with Crippen molar-refractivity contribution in [1.29, 1.82) is 0 Å². The molecule has 4 heterocycles. The fourth-order valence-electron chi connectivity index (χ4n) is 8.19. The number of hydrogen-bond acceptors (Lipinski definition) is 4. The van der Waals surface area contributed by atoms with Gasteiger partial charge in [0.25, 0.3) is 0 Å². The van der Waals surface area contributed by atoms with Gasteiger partial charge in [0.1, 0.15) is 5.84 Å². The number of nitrogens with one attached hydrogen (secondary N) is 1. The molecule has 1 N–H and O–H groups in total. The first-order valence-electron chi connectivity index (χ1n) is 17.5. The molecular formula is C45H31N5S. The van der Waals surface area contributed by atoms with Crippen molar-refractivity contribution in [2.45, 2.75) is 19.0 Å². The van der Waals surface area contributed by atoms with Crippen molar-refractivity contribution in [1.82, 2.24) is 14.5 Å². The Morgan fingerprint density at radius 3 is 2.25 bits per heavy atom. The summed E-state index contributed by atoms with van der Waals surface area (Å²) in [6.07, 6.45) is 6.26. The van der Waals surface area contributed by atoms with Crippen molar-refractivity contribution in [3.63, 3.8) is 0 Å². The van der Waals surface area contributed by atoms with Crippen molar-refractivity contribution < 1.29 is 0 Å². The molecule has 1 atom stereocenters. The third kappa shape index (κ3) is 4.33. The maximum absolute atomic E-state index is 5.42. The predicted octanol–water partition coefficient (Wildman–Crippen LogP) is 11.0. The fraction of sp³-hybridized carbons (Fsp3) is 0.0667. The maximum Gasteiger partial charge on any atom is 0.211 e. The summed E-state index contributed by atoms with van der Waals surface area (Å²) >= 11 is 1.83. The summed E-state index contributed by atoms with van der Waals surface area (Å²) in [4.78, 5) is 10.7. The predicted molar refractivity (Wildman–Crippen MR) is 215 cm³/mol. The van der Waals surface area contributed by atoms with Gasteiger partial charge in [0.2, 0.25) is 5.96 Å². The number of allylic oxidation sites excluding steroid dienone is 1. The van der Waals surface area contributed by atoms with Gasteiger partial charge in [-0.15, -0.1) is 11.3 Å². The van der Waals surface area contributed by atoms with Crippen LogP contribution in [0.3, 0.4) is 0 Å². The van der Waals surface area contributed by atoms with Crippen LogP contribution in [-0.2, 0) is 6.42 Å². The minimum atomic E-state index is -0.420. The van der Waals surface area contributed by atoms with Gasteiger partial charge in [0.15, 0.2) is 6.17 Å². The number of rotatable bonds is 3. The zero-order valence-electron chi connectivity index (χ0n) is 27.6. The van der Waals surface area contributed by atoms with E-state index in [-0.39, 0.29) is 0 Å². The summed E-state index contributed by atoms with van der Waals surface area (Å²) < 4.78 is 7.36. The van der Waals surface area contributed by atoms with Gasteiger partial charge in [-0.05, 0) is 54.8 Å². The SMILES string of the molecule is C1=Cc2c(n(-c3ccccc3)c3c2ccc2c3c3ccccc3n2C2=NC(c3ccc4c(c3)sc3ccccc34)N=C(c3ccccc3)N2)CC1. The molecule has 242 valence electrons. The standard InChI is InChI=1S/C45H31N5S/c1-3-13-28(14-4-1)43-46-44(29-23-24-33-32-18-9-12-22-39(32)51-40(33)27-29)48-45(47-43)50-37-21-11-8-19-35(37)41-38(50)26-25-34-31-17-7-10-20-36(31)49(42(34)41)30-15-5-2-6-16-30/h1-9,11-19,21-27,44H,10,20H2,(H,46,47,48). The van der Waals surface area contributed by atoms with Crippen LogP contribution in [0.4, 0.5) is 0 Å². The van der Waals surface area contributed by atoms with Crippen LogP contribution < -0.4 is 5.32 Å². The normalized spacial score (nSPS) is 15.8. The first kappa shape index (κ1) is 28.6. The summed E-state index contributed by atoms with van der Waals surface area (Å²) in [5, 5.41) is 9.98. The van der Waals surface area contributed by atoms with Crippen molar-refractivity contribution in [2.24, 2.45) is 9.98 Å². The highest BCUT2D eigenvalue weighted by molar-refractivity contribution is 7.25. The van der Waals surface area contributed by atoms with E-state index in [9.17, 15) is 0 Å². The summed E-state index contributed by atoms with van der Waals surface area (Å²) in [6, 6.07) is 49.9. The van der Waals surface area contributed by atoms with Crippen LogP contribution in [0.15, 0.2) is 156 Å². The van der Waals surface area contributed by atoms with E-state index >= 15 is 0 Å². The van der Waals surface area contributed by atoms with Gasteiger partial charge < -0.3 is 9.88 Å². The highest BCUT2D eigenvalue weighted by Gasteiger charge is 2.27. The number of benzene rings is 6. The minimum Gasteiger partial charge on any atom is -0.312 e. The van der Waals surface area contributed by atoms with Crippen LogP contribution in [-0.4, -0.2) is 20.9 Å². The molecule has 0 radical (unpaired) electrons. The van der Waals surface area contributed by atoms with Gasteiger partial charge in [0, 0.05) is 58.8 Å². The lowest BCUT2D eigenvalue weighted by Crippen LogP contribution is -2.39. The van der Waals surface area contributed by atoms with Crippen molar-refractivity contribution in [3.05, 3.63) is 168 Å². The number of amidine groups is 1. The van der Waals surface area contributed by atoms with Crippen LogP contribution in [0.2, 0.25) is 0 Å². The van der Waals surface area contributed by atoms with E-state index in [2.05, 4.69) is 160 Å². The molecule has 51 heavy (non-hydrogen) atoms. The summed E-state index contributed by atoms with van der Waals surface area (Å²) in [6.45, 7) is 0. The first-order chi connectivity index (χ1) is 25.3. The minimum absolute atomic E-state index is 0.420. The average molecular weight is 674 g/mol. The van der Waals surface area contributed by atoms with E-state index in [1.807, 2.05) is 17.4 Å². The first-order valence-corrected chi connectivity index (χ1v) is 18.3. The van der Waals surface area contributed by atoms with Crippen LogP contribution in [0, 0.1) is 0 Å². The molecule has 6 aromatic carbocycles. The molecule has 0 saturated heterocycles. The smallest absolute Gasteiger partial charge is 0.211 e. The van der Waals surface area contributed by atoms with Crippen molar-refractivity contribution in [3.8, 4) is 5.69 Å². The van der Waals surface area contributed by atoms with Gasteiger partial charge in [0.05, 0.1) is 16.6 Å². The molecule has 0 saturated carbocycles. The van der Waals surface area contributed by atoms with Gasteiger partial charge in [-0.25, -0.2) is 9.98 Å². The van der Waals surface area contributed by atoms with E-state index in [1.165, 1.54) is 58.8 Å². The molecule has 0 amide bonds. The molecule has 5 nitrogen and oxygen atoms in total.